The maximum Gasteiger partial charge on any atom is 0.433 e. The third kappa shape index (κ3) is 8.59. The van der Waals surface area contributed by atoms with E-state index in [2.05, 4.69) is 15.3 Å². The Morgan fingerprint density at radius 3 is 2.24 bits per heavy atom. The molecule has 314 valence electrons. The van der Waals surface area contributed by atoms with Gasteiger partial charge in [0.25, 0.3) is 11.8 Å². The van der Waals surface area contributed by atoms with Crippen molar-refractivity contribution in [2.75, 3.05) is 58.0 Å². The number of hydrazine groups is 1. The first-order chi connectivity index (χ1) is 27.1. The second-order valence-electron chi connectivity index (χ2n) is 14.1. The Balaban J connectivity index is 1.25. The van der Waals surface area contributed by atoms with Gasteiger partial charge in [-0.2, -0.15) is 35.0 Å². The normalized spacial score (nSPS) is 18.7. The molecule has 2 N–H and O–H groups in total. The van der Waals surface area contributed by atoms with Crippen molar-refractivity contribution in [1.29, 1.82) is 0 Å². The Morgan fingerprint density at radius 2 is 1.62 bits per heavy atom. The lowest BCUT2D eigenvalue weighted by Gasteiger charge is -2.48. The average Bonchev–Trinajstić information content (AvgIpc) is 3.66. The number of nitrogens with one attached hydrogen (secondary N) is 1. The molecule has 3 heterocycles. The molecule has 0 bridgehead atoms. The molecule has 22 heteroatoms. The maximum absolute atomic E-state index is 15.6. The van der Waals surface area contributed by atoms with Crippen molar-refractivity contribution in [2.24, 2.45) is 0 Å². The molecule has 0 atom stereocenters. The van der Waals surface area contributed by atoms with Crippen LogP contribution in [0.15, 0.2) is 54.1 Å². The predicted molar refractivity (Wildman–Crippen MR) is 190 cm³/mol. The van der Waals surface area contributed by atoms with Gasteiger partial charge in [-0.05, 0) is 43.2 Å². The van der Waals surface area contributed by atoms with Gasteiger partial charge in [-0.15, -0.1) is 0 Å². The predicted octanol–water partition coefficient (Wildman–Crippen LogP) is 5.37. The number of ether oxygens (including phenoxy) is 1. The van der Waals surface area contributed by atoms with Gasteiger partial charge in [0.2, 0.25) is 15.8 Å². The van der Waals surface area contributed by atoms with Gasteiger partial charge in [0.05, 0.1) is 35.3 Å². The fourth-order valence-corrected chi connectivity index (χ4v) is 8.14. The van der Waals surface area contributed by atoms with Crippen LogP contribution in [0, 0.1) is 11.6 Å². The number of aliphatic hydroxyl groups is 1. The molecule has 1 saturated heterocycles. The summed E-state index contributed by atoms with van der Waals surface area (Å²) < 4.78 is 143. The molecule has 2 fully saturated rings. The smallest absolute Gasteiger partial charge is 0.433 e. The molecule has 1 aliphatic carbocycles. The minimum atomic E-state index is -5.00. The quantitative estimate of drug-likeness (QED) is 0.202. The summed E-state index contributed by atoms with van der Waals surface area (Å²) in [6.07, 6.45) is -6.93. The van der Waals surface area contributed by atoms with E-state index >= 15 is 8.78 Å². The number of aliphatic hydroxyl groups excluding tert-OH is 1. The van der Waals surface area contributed by atoms with Gasteiger partial charge in [-0.25, -0.2) is 27.8 Å². The Morgan fingerprint density at radius 1 is 0.948 bits per heavy atom. The van der Waals surface area contributed by atoms with Crippen LogP contribution in [0.4, 0.5) is 40.8 Å². The molecule has 58 heavy (non-hydrogen) atoms. The summed E-state index contributed by atoms with van der Waals surface area (Å²) >= 11 is 0. The van der Waals surface area contributed by atoms with Gasteiger partial charge in [0.1, 0.15) is 30.0 Å². The lowest BCUT2D eigenvalue weighted by Crippen LogP contribution is -2.62. The van der Waals surface area contributed by atoms with E-state index in [-0.39, 0.29) is 44.6 Å². The van der Waals surface area contributed by atoms with Crippen LogP contribution in [-0.4, -0.2) is 113 Å². The number of aromatic nitrogens is 2. The number of anilines is 1. The number of rotatable bonds is 10. The largest absolute Gasteiger partial charge is 0.509 e. The number of carbonyl (C=O) groups excluding carboxylic acids is 2. The molecule has 0 unspecified atom stereocenters. The second kappa shape index (κ2) is 16.0. The third-order valence-electron chi connectivity index (χ3n) is 10.5. The molecule has 1 spiro atoms. The number of piperazine rings is 1. The van der Waals surface area contributed by atoms with Crippen LogP contribution < -0.4 is 10.1 Å². The van der Waals surface area contributed by atoms with Crippen LogP contribution in [-0.2, 0) is 38.5 Å². The number of alkyl halides is 6. The minimum absolute atomic E-state index is 0.0612. The number of halogens is 8. The van der Waals surface area contributed by atoms with E-state index in [9.17, 15) is 49.5 Å². The Labute approximate surface area is 326 Å². The first-order valence-electron chi connectivity index (χ1n) is 17.8. The van der Waals surface area contributed by atoms with Gasteiger partial charge in [-0.1, -0.05) is 18.9 Å². The standard InChI is InChI=1S/C36H37F8N7O6S/c1-48-34(9-3-4-10-34)31(52)28(32(53)47-24-7-6-22(35(39,40)41)17-23(24)25-18-27(36(42,43)44)46-20-45-25)33(54)51(48)19-21-5-8-26(30(38)29(21)37)57-16-15-49-11-13-50(14-12-49)58(2,55)56/h5-8,17-18,20,52H,3-4,9-16,19H2,1-2H3,(H,47,53). The summed E-state index contributed by atoms with van der Waals surface area (Å²) in [6, 6.07) is 4.47. The zero-order valence-corrected chi connectivity index (χ0v) is 31.7. The van der Waals surface area contributed by atoms with Crippen molar-refractivity contribution < 1.29 is 63.0 Å². The number of likely N-dealkylation sites (N-methyl/N-ethyl adjacent to an activating group) is 1. The highest BCUT2D eigenvalue weighted by atomic mass is 32.2. The molecule has 6 rings (SSSR count). The molecular formula is C36H37F8N7O6S. The molecule has 1 saturated carbocycles. The summed E-state index contributed by atoms with van der Waals surface area (Å²) in [7, 11) is -1.93. The zero-order valence-electron chi connectivity index (χ0n) is 30.9. The van der Waals surface area contributed by atoms with Crippen LogP contribution in [0.3, 0.4) is 0 Å². The molecule has 3 aromatic rings. The second-order valence-corrected chi connectivity index (χ2v) is 16.0. The third-order valence-corrected chi connectivity index (χ3v) is 11.8. The highest BCUT2D eigenvalue weighted by Crippen LogP contribution is 2.45. The van der Waals surface area contributed by atoms with Crippen molar-refractivity contribution in [1.82, 2.24) is 29.2 Å². The SMILES string of the molecule is CN1N(Cc2ccc(OCCN3CCN(S(C)(=O)=O)CC3)c(F)c2F)C(=O)C(C(=O)Nc2ccc(C(F)(F)F)cc2-c2cc(C(F)(F)F)ncn2)=C(O)C12CCCC2. The molecule has 2 amide bonds. The average molecular weight is 848 g/mol. The topological polar surface area (TPSA) is 149 Å². The Hall–Kier alpha value is -4.93. The highest BCUT2D eigenvalue weighted by Gasteiger charge is 2.53. The number of hydrogen-bond acceptors (Lipinski definition) is 10. The monoisotopic (exact) mass is 847 g/mol. The summed E-state index contributed by atoms with van der Waals surface area (Å²) in [5, 5.41) is 16.1. The molecule has 0 radical (unpaired) electrons. The van der Waals surface area contributed by atoms with E-state index in [1.165, 1.54) is 22.4 Å². The summed E-state index contributed by atoms with van der Waals surface area (Å²) in [5.74, 6) is -6.39. The lowest BCUT2D eigenvalue weighted by molar-refractivity contribution is -0.163. The molecule has 3 aliphatic rings. The van der Waals surface area contributed by atoms with E-state index in [4.69, 9.17) is 4.74 Å². The van der Waals surface area contributed by atoms with Crippen molar-refractivity contribution in [3.63, 3.8) is 0 Å². The van der Waals surface area contributed by atoms with Crippen LogP contribution in [0.1, 0.15) is 42.5 Å². The zero-order chi connectivity index (χ0) is 42.4. The van der Waals surface area contributed by atoms with Gasteiger partial charge >= 0.3 is 12.4 Å². The summed E-state index contributed by atoms with van der Waals surface area (Å²) in [5.41, 5.74) is -7.14. The molecule has 2 aliphatic heterocycles. The number of benzene rings is 2. The van der Waals surface area contributed by atoms with Crippen molar-refractivity contribution >= 4 is 27.5 Å². The van der Waals surface area contributed by atoms with E-state index in [1.807, 2.05) is 4.90 Å². The number of hydrogen-bond donors (Lipinski definition) is 2. The summed E-state index contributed by atoms with van der Waals surface area (Å²) in [6.45, 7) is 0.927. The first kappa shape index (κ1) is 42.7. The maximum atomic E-state index is 15.6. The summed E-state index contributed by atoms with van der Waals surface area (Å²) in [4.78, 5) is 36.7. The lowest BCUT2D eigenvalue weighted by atomic mass is 9.88. The highest BCUT2D eigenvalue weighted by molar-refractivity contribution is 7.88. The molecular weight excluding hydrogens is 810 g/mol. The molecule has 1 aromatic heterocycles. The van der Waals surface area contributed by atoms with E-state index < -0.39 is 103 Å². The molecule has 2 aromatic carbocycles. The van der Waals surface area contributed by atoms with Gasteiger partial charge in [0, 0.05) is 50.9 Å². The van der Waals surface area contributed by atoms with E-state index in [1.54, 1.807) is 0 Å². The fraction of sp³-hybridized carbons (Fsp3) is 0.444. The van der Waals surface area contributed by atoms with Crippen LogP contribution in [0.25, 0.3) is 11.3 Å². The Kier molecular flexibility index (Phi) is 11.8. The van der Waals surface area contributed by atoms with Crippen LogP contribution >= 0.6 is 0 Å². The van der Waals surface area contributed by atoms with Crippen molar-refractivity contribution in [3.8, 4) is 17.0 Å². The van der Waals surface area contributed by atoms with Crippen molar-refractivity contribution in [3.05, 3.63) is 82.5 Å². The fourth-order valence-electron chi connectivity index (χ4n) is 7.31. The van der Waals surface area contributed by atoms with Crippen LogP contribution in [0.2, 0.25) is 0 Å². The number of carbonyl (C=O) groups is 2. The van der Waals surface area contributed by atoms with Crippen LogP contribution in [0.5, 0.6) is 5.75 Å². The minimum Gasteiger partial charge on any atom is -0.509 e. The number of sulfonamides is 1. The van der Waals surface area contributed by atoms with Gasteiger partial charge < -0.3 is 15.2 Å². The van der Waals surface area contributed by atoms with Crippen molar-refractivity contribution in [2.45, 2.75) is 50.1 Å². The van der Waals surface area contributed by atoms with Gasteiger partial charge in [0.15, 0.2) is 11.6 Å². The van der Waals surface area contributed by atoms with E-state index in [0.717, 1.165) is 23.4 Å². The first-order valence-corrected chi connectivity index (χ1v) is 19.7. The number of nitrogens with zero attached hydrogens (tertiary/aromatic N) is 6. The Bertz CT molecular complexity index is 2220. The van der Waals surface area contributed by atoms with E-state index in [0.29, 0.717) is 50.5 Å². The molecule has 13 nitrogen and oxygen atoms in total. The van der Waals surface area contributed by atoms with Gasteiger partial charge in [-0.3, -0.25) is 19.5 Å². The number of amides is 2.